The van der Waals surface area contributed by atoms with Crippen LogP contribution in [0.4, 0.5) is 18.9 Å². The van der Waals surface area contributed by atoms with Gasteiger partial charge in [-0.3, -0.25) is 9.59 Å². The Balaban J connectivity index is 2.22. The highest BCUT2D eigenvalue weighted by Crippen LogP contribution is 2.26. The zero-order valence-corrected chi connectivity index (χ0v) is 8.60. The van der Waals surface area contributed by atoms with E-state index in [4.69, 9.17) is 0 Å². The number of carbonyl (C=O) groups is 2. The van der Waals surface area contributed by atoms with Gasteiger partial charge in [0.05, 0.1) is 0 Å². The summed E-state index contributed by atoms with van der Waals surface area (Å²) >= 11 is 0. The number of halogens is 3. The quantitative estimate of drug-likeness (QED) is 0.822. The number of ketones is 1. The van der Waals surface area contributed by atoms with Gasteiger partial charge in [-0.2, -0.15) is 13.2 Å². The van der Waals surface area contributed by atoms with Crippen molar-refractivity contribution < 1.29 is 22.8 Å². The molecule has 1 aromatic rings. The monoisotopic (exact) mass is 243 g/mol. The summed E-state index contributed by atoms with van der Waals surface area (Å²) < 4.78 is 36.0. The molecule has 0 unspecified atom stereocenters. The molecule has 0 bridgehead atoms. The van der Waals surface area contributed by atoms with Gasteiger partial charge in [-0.05, 0) is 24.1 Å². The minimum absolute atomic E-state index is 0.0127. The van der Waals surface area contributed by atoms with Gasteiger partial charge in [0.1, 0.15) is 0 Å². The Morgan fingerprint density at radius 2 is 1.94 bits per heavy atom. The normalized spacial score (nSPS) is 14.6. The van der Waals surface area contributed by atoms with Crippen molar-refractivity contribution in [3.8, 4) is 0 Å². The maximum atomic E-state index is 12.0. The highest BCUT2D eigenvalue weighted by atomic mass is 19.4. The van der Waals surface area contributed by atoms with E-state index in [9.17, 15) is 22.8 Å². The molecular weight excluding hydrogens is 235 g/mol. The van der Waals surface area contributed by atoms with Gasteiger partial charge < -0.3 is 5.32 Å². The third-order valence-electron chi connectivity index (χ3n) is 2.55. The Bertz CT molecular complexity index is 494. The van der Waals surface area contributed by atoms with Gasteiger partial charge in [0.25, 0.3) is 0 Å². The van der Waals surface area contributed by atoms with Gasteiger partial charge in [0.15, 0.2) is 5.78 Å². The molecule has 0 saturated carbocycles. The zero-order chi connectivity index (χ0) is 12.6. The first-order chi connectivity index (χ1) is 7.88. The predicted molar refractivity (Wildman–Crippen MR) is 53.8 cm³/mol. The molecule has 17 heavy (non-hydrogen) atoms. The van der Waals surface area contributed by atoms with E-state index in [1.807, 2.05) is 0 Å². The Labute approximate surface area is 94.6 Å². The van der Waals surface area contributed by atoms with Crippen LogP contribution in [0.15, 0.2) is 18.2 Å². The lowest BCUT2D eigenvalue weighted by molar-refractivity contribution is -0.167. The Kier molecular flexibility index (Phi) is 2.65. The number of fused-ring (bicyclic) bond motifs is 1. The van der Waals surface area contributed by atoms with Crippen molar-refractivity contribution in [1.82, 2.24) is 0 Å². The number of aryl methyl sites for hydroxylation is 1. The molecule has 0 aromatic heterocycles. The lowest BCUT2D eigenvalue weighted by Crippen LogP contribution is -2.29. The third-order valence-corrected chi connectivity index (χ3v) is 2.55. The summed E-state index contributed by atoms with van der Waals surface area (Å²) in [5, 5.41) is 1.72. The van der Waals surface area contributed by atoms with Crippen LogP contribution < -0.4 is 5.32 Å². The number of amides is 1. The number of hydrogen-bond donors (Lipinski definition) is 1. The van der Waals surface area contributed by atoms with Gasteiger partial charge in [0.2, 0.25) is 0 Å². The summed E-state index contributed by atoms with van der Waals surface area (Å²) in [7, 11) is 0. The average molecular weight is 243 g/mol. The Morgan fingerprint density at radius 1 is 1.24 bits per heavy atom. The Morgan fingerprint density at radius 3 is 2.59 bits per heavy atom. The summed E-state index contributed by atoms with van der Waals surface area (Å²) in [5.74, 6) is -2.15. The van der Waals surface area contributed by atoms with Crippen molar-refractivity contribution in [2.75, 3.05) is 5.32 Å². The van der Waals surface area contributed by atoms with Crippen LogP contribution in [-0.4, -0.2) is 17.9 Å². The fourth-order valence-corrected chi connectivity index (χ4v) is 1.72. The van der Waals surface area contributed by atoms with E-state index in [-0.39, 0.29) is 11.5 Å². The van der Waals surface area contributed by atoms with Crippen LogP contribution in [0, 0.1) is 0 Å². The van der Waals surface area contributed by atoms with E-state index in [2.05, 4.69) is 0 Å². The molecule has 1 amide bonds. The van der Waals surface area contributed by atoms with Crippen LogP contribution in [0.5, 0.6) is 0 Å². The van der Waals surface area contributed by atoms with Gasteiger partial charge >= 0.3 is 12.1 Å². The second-order valence-electron chi connectivity index (χ2n) is 3.75. The first-order valence-corrected chi connectivity index (χ1v) is 4.92. The number of benzene rings is 1. The molecule has 3 nitrogen and oxygen atoms in total. The average Bonchev–Trinajstić information content (AvgIpc) is 2.59. The largest absolute Gasteiger partial charge is 0.471 e. The molecule has 1 N–H and O–H groups in total. The molecule has 0 saturated heterocycles. The molecule has 6 heteroatoms. The fourth-order valence-electron chi connectivity index (χ4n) is 1.72. The van der Waals surface area contributed by atoms with E-state index in [0.29, 0.717) is 18.4 Å². The Hall–Kier alpha value is -1.85. The summed E-state index contributed by atoms with van der Waals surface area (Å²) in [6.07, 6.45) is -3.96. The molecule has 0 fully saturated rings. The summed E-state index contributed by atoms with van der Waals surface area (Å²) in [6.45, 7) is 0. The van der Waals surface area contributed by atoms with E-state index < -0.39 is 12.1 Å². The number of rotatable bonds is 1. The van der Waals surface area contributed by atoms with Crippen LogP contribution in [0.2, 0.25) is 0 Å². The van der Waals surface area contributed by atoms with Crippen molar-refractivity contribution >= 4 is 17.4 Å². The molecule has 1 aliphatic carbocycles. The van der Waals surface area contributed by atoms with Crippen molar-refractivity contribution in [1.29, 1.82) is 0 Å². The van der Waals surface area contributed by atoms with Crippen LogP contribution in [-0.2, 0) is 11.2 Å². The second-order valence-corrected chi connectivity index (χ2v) is 3.75. The van der Waals surface area contributed by atoms with Crippen molar-refractivity contribution in [2.45, 2.75) is 19.0 Å². The van der Waals surface area contributed by atoms with E-state index in [1.54, 1.807) is 11.4 Å². The maximum absolute atomic E-state index is 12.0. The maximum Gasteiger partial charge on any atom is 0.471 e. The molecule has 0 atom stereocenters. The number of carbonyl (C=O) groups excluding carboxylic acids is 2. The number of anilines is 1. The smallest absolute Gasteiger partial charge is 0.318 e. The van der Waals surface area contributed by atoms with Crippen molar-refractivity contribution in [2.24, 2.45) is 0 Å². The number of nitrogens with one attached hydrogen (secondary N) is 1. The van der Waals surface area contributed by atoms with Gasteiger partial charge in [0, 0.05) is 17.7 Å². The fraction of sp³-hybridized carbons (Fsp3) is 0.273. The van der Waals surface area contributed by atoms with Gasteiger partial charge in [-0.25, -0.2) is 0 Å². The molecule has 0 spiro atoms. The summed E-state index contributed by atoms with van der Waals surface area (Å²) in [5.41, 5.74) is 1.19. The van der Waals surface area contributed by atoms with E-state index in [1.165, 1.54) is 12.1 Å². The van der Waals surface area contributed by atoms with Crippen LogP contribution in [0.25, 0.3) is 0 Å². The SMILES string of the molecule is O=C1CCc2ccc(NC(=O)C(F)(F)F)cc21. The number of Topliss-reactive ketones (excluding diaryl/α,β-unsaturated/α-hetero) is 1. The van der Waals surface area contributed by atoms with Crippen LogP contribution in [0.1, 0.15) is 22.3 Å². The molecule has 1 aliphatic rings. The predicted octanol–water partition coefficient (Wildman–Crippen LogP) is 2.32. The first kappa shape index (κ1) is 11.6. The molecule has 1 aromatic carbocycles. The van der Waals surface area contributed by atoms with Crippen molar-refractivity contribution in [3.05, 3.63) is 29.3 Å². The molecule has 0 aliphatic heterocycles. The molecular formula is C11H8F3NO2. The number of alkyl halides is 3. The minimum Gasteiger partial charge on any atom is -0.318 e. The van der Waals surface area contributed by atoms with Crippen LogP contribution >= 0.6 is 0 Å². The first-order valence-electron chi connectivity index (χ1n) is 4.92. The van der Waals surface area contributed by atoms with Crippen molar-refractivity contribution in [3.63, 3.8) is 0 Å². The second kappa shape index (κ2) is 3.87. The van der Waals surface area contributed by atoms with E-state index >= 15 is 0 Å². The minimum atomic E-state index is -4.93. The molecule has 0 radical (unpaired) electrons. The molecule has 90 valence electrons. The molecule has 0 heterocycles. The lowest BCUT2D eigenvalue weighted by Gasteiger charge is -2.08. The van der Waals surface area contributed by atoms with E-state index in [0.717, 1.165) is 5.56 Å². The van der Waals surface area contributed by atoms with Gasteiger partial charge in [-0.1, -0.05) is 6.07 Å². The lowest BCUT2D eigenvalue weighted by atomic mass is 10.1. The topological polar surface area (TPSA) is 46.2 Å². The standard InChI is InChI=1S/C11H8F3NO2/c12-11(13,14)10(17)15-7-3-1-6-2-4-9(16)8(6)5-7/h1,3,5H,2,4H2,(H,15,17). The molecule has 2 rings (SSSR count). The third kappa shape index (κ3) is 2.30. The summed E-state index contributed by atoms with van der Waals surface area (Å²) in [4.78, 5) is 22.1. The zero-order valence-electron chi connectivity index (χ0n) is 8.60. The van der Waals surface area contributed by atoms with Crippen LogP contribution in [0.3, 0.4) is 0 Å². The van der Waals surface area contributed by atoms with Gasteiger partial charge in [-0.15, -0.1) is 0 Å². The highest BCUT2D eigenvalue weighted by molar-refractivity contribution is 6.02. The highest BCUT2D eigenvalue weighted by Gasteiger charge is 2.38. The summed E-state index contributed by atoms with van der Waals surface area (Å²) in [6, 6.07) is 4.21. The number of hydrogen-bond acceptors (Lipinski definition) is 2.